The Labute approximate surface area is 264 Å². The van der Waals surface area contributed by atoms with Crippen molar-refractivity contribution in [2.24, 2.45) is 0 Å². The summed E-state index contributed by atoms with van der Waals surface area (Å²) in [4.78, 5) is 0. The normalized spacial score (nSPS) is 10.8. The molecule has 5 rings (SSSR count). The summed E-state index contributed by atoms with van der Waals surface area (Å²) in [5.41, 5.74) is 11.9. The first-order valence-corrected chi connectivity index (χ1v) is 16.2. The van der Waals surface area contributed by atoms with E-state index in [-0.39, 0.29) is 5.82 Å². The Kier molecular flexibility index (Phi) is 10.8. The summed E-state index contributed by atoms with van der Waals surface area (Å²) in [5.74, 6) is 6.19. The Balaban J connectivity index is 1.20. The lowest BCUT2D eigenvalue weighted by Crippen LogP contribution is -1.93. The van der Waals surface area contributed by atoms with Crippen molar-refractivity contribution in [1.82, 2.24) is 0 Å². The first kappa shape index (κ1) is 31.0. The Bertz CT molecular complexity index is 1690. The molecule has 0 radical (unpaired) electrons. The molecule has 0 aliphatic carbocycles. The Morgan fingerprint density at radius 1 is 0.500 bits per heavy atom. The molecule has 222 valence electrons. The molecule has 0 saturated heterocycles. The maximum Gasteiger partial charge on any atom is 0.132 e. The van der Waals surface area contributed by atoms with Gasteiger partial charge < -0.3 is 0 Å². The molecule has 0 fully saturated rings. The Hall–Kier alpha value is -4.41. The smallest absolute Gasteiger partial charge is 0.132 e. The van der Waals surface area contributed by atoms with Crippen LogP contribution in [0.5, 0.6) is 0 Å². The fourth-order valence-corrected chi connectivity index (χ4v) is 5.67. The maximum absolute atomic E-state index is 15.3. The topological polar surface area (TPSA) is 0 Å². The number of benzene rings is 5. The summed E-state index contributed by atoms with van der Waals surface area (Å²) in [7, 11) is 0. The lowest BCUT2D eigenvalue weighted by molar-refractivity contribution is 0.630. The van der Waals surface area contributed by atoms with Crippen molar-refractivity contribution in [3.8, 4) is 34.1 Å². The van der Waals surface area contributed by atoms with E-state index in [9.17, 15) is 0 Å². The molecule has 0 saturated carbocycles. The van der Waals surface area contributed by atoms with Gasteiger partial charge in [-0.25, -0.2) is 4.39 Å². The Morgan fingerprint density at radius 3 is 1.59 bits per heavy atom. The number of aryl methyl sites for hydroxylation is 5. The zero-order valence-electron chi connectivity index (χ0n) is 26.4. The molecule has 0 bridgehead atoms. The van der Waals surface area contributed by atoms with Gasteiger partial charge in [-0.05, 0) is 108 Å². The van der Waals surface area contributed by atoms with Crippen LogP contribution in [0.25, 0.3) is 22.3 Å². The van der Waals surface area contributed by atoms with Gasteiger partial charge in [0.25, 0.3) is 0 Å². The molecule has 5 aromatic carbocycles. The molecule has 0 aliphatic rings. The molecule has 0 atom stereocenters. The summed E-state index contributed by atoms with van der Waals surface area (Å²) in [5, 5.41) is 0. The third-order valence-electron chi connectivity index (χ3n) is 8.43. The number of unbranched alkanes of at least 4 members (excludes halogenated alkanes) is 2. The monoisotopic (exact) mass is 578 g/mol. The fraction of sp³-hybridized carbons (Fsp3) is 0.256. The zero-order valence-corrected chi connectivity index (χ0v) is 26.4. The summed E-state index contributed by atoms with van der Waals surface area (Å²) in [6.07, 6.45) is 9.28. The second-order valence-electron chi connectivity index (χ2n) is 11.9. The van der Waals surface area contributed by atoms with Gasteiger partial charge in [0.05, 0.1) is 0 Å². The first-order chi connectivity index (χ1) is 21.5. The molecular formula is C43H43F. The molecule has 0 spiro atoms. The average Bonchev–Trinajstić information content (AvgIpc) is 3.06. The van der Waals surface area contributed by atoms with Crippen molar-refractivity contribution in [2.45, 2.75) is 72.1 Å². The summed E-state index contributed by atoms with van der Waals surface area (Å²) in [6.45, 7) is 6.44. The van der Waals surface area contributed by atoms with E-state index in [1.54, 1.807) is 6.07 Å². The number of hydrogen-bond donors (Lipinski definition) is 0. The van der Waals surface area contributed by atoms with Gasteiger partial charge in [-0.15, -0.1) is 0 Å². The molecule has 5 aromatic rings. The third-order valence-corrected chi connectivity index (χ3v) is 8.43. The minimum atomic E-state index is -0.249. The molecule has 0 N–H and O–H groups in total. The summed E-state index contributed by atoms with van der Waals surface area (Å²) >= 11 is 0. The zero-order chi connectivity index (χ0) is 30.7. The van der Waals surface area contributed by atoms with E-state index in [2.05, 4.69) is 111 Å². The number of halogens is 1. The molecule has 0 aromatic heterocycles. The molecule has 0 aliphatic heterocycles. The quantitative estimate of drug-likeness (QED) is 0.108. The minimum absolute atomic E-state index is 0.249. The predicted molar refractivity (Wildman–Crippen MR) is 186 cm³/mol. The number of hydrogen-bond acceptors (Lipinski definition) is 0. The predicted octanol–water partition coefficient (Wildman–Crippen LogP) is 11.3. The van der Waals surface area contributed by atoms with E-state index >= 15 is 4.39 Å². The number of rotatable bonds is 11. The molecular weight excluding hydrogens is 535 g/mol. The van der Waals surface area contributed by atoms with E-state index in [4.69, 9.17) is 0 Å². The lowest BCUT2D eigenvalue weighted by Gasteiger charge is -2.09. The van der Waals surface area contributed by atoms with E-state index in [1.165, 1.54) is 53.5 Å². The molecule has 0 heterocycles. The van der Waals surface area contributed by atoms with E-state index in [0.29, 0.717) is 5.56 Å². The van der Waals surface area contributed by atoms with E-state index in [1.807, 2.05) is 25.1 Å². The highest BCUT2D eigenvalue weighted by Crippen LogP contribution is 2.29. The highest BCUT2D eigenvalue weighted by Gasteiger charge is 2.09. The highest BCUT2D eigenvalue weighted by atomic mass is 19.1. The molecule has 0 amide bonds. The van der Waals surface area contributed by atoms with Crippen LogP contribution in [-0.2, 0) is 25.7 Å². The summed E-state index contributed by atoms with van der Waals surface area (Å²) in [6, 6.07) is 37.9. The van der Waals surface area contributed by atoms with Gasteiger partial charge >= 0.3 is 0 Å². The van der Waals surface area contributed by atoms with Crippen molar-refractivity contribution >= 4 is 0 Å². The van der Waals surface area contributed by atoms with Crippen molar-refractivity contribution in [3.05, 3.63) is 154 Å². The largest absolute Gasteiger partial charge is 0.206 e. The van der Waals surface area contributed by atoms with Gasteiger partial charge in [-0.3, -0.25) is 0 Å². The van der Waals surface area contributed by atoms with Gasteiger partial charge in [-0.2, -0.15) is 0 Å². The lowest BCUT2D eigenvalue weighted by atomic mass is 9.96. The van der Waals surface area contributed by atoms with Crippen LogP contribution < -0.4 is 0 Å². The fourth-order valence-electron chi connectivity index (χ4n) is 5.67. The minimum Gasteiger partial charge on any atom is -0.206 e. The van der Waals surface area contributed by atoms with Crippen LogP contribution in [0.4, 0.5) is 4.39 Å². The molecule has 0 nitrogen and oxygen atoms in total. The van der Waals surface area contributed by atoms with Crippen LogP contribution in [0.15, 0.2) is 109 Å². The van der Waals surface area contributed by atoms with Crippen LogP contribution in [0.3, 0.4) is 0 Å². The standard InChI is InChI=1S/C43H43F/c1-4-6-7-9-34-10-12-35(13-11-34)14-15-36-16-18-37(19-17-36)22-25-41-31-43(44)42(30-32(41)3)40-28-26-39(27-29-40)38-23-20-33(8-5-2)21-24-38/h10-13,16-21,23-24,26-31H,4-9,14-15H2,1-3H3. The third kappa shape index (κ3) is 8.36. The van der Waals surface area contributed by atoms with Gasteiger partial charge in [0.1, 0.15) is 5.82 Å². The highest BCUT2D eigenvalue weighted by molar-refractivity contribution is 5.72. The molecule has 44 heavy (non-hydrogen) atoms. The van der Waals surface area contributed by atoms with Crippen molar-refractivity contribution in [3.63, 3.8) is 0 Å². The van der Waals surface area contributed by atoms with Crippen LogP contribution in [0, 0.1) is 24.6 Å². The van der Waals surface area contributed by atoms with Crippen molar-refractivity contribution < 1.29 is 4.39 Å². The van der Waals surface area contributed by atoms with Crippen LogP contribution in [0.2, 0.25) is 0 Å². The first-order valence-electron chi connectivity index (χ1n) is 16.2. The SMILES string of the molecule is CCCCCc1ccc(CCc2ccc(C#Cc3cc(F)c(-c4ccc(-c5ccc(CCC)cc5)cc4)cc3C)cc2)cc1. The van der Waals surface area contributed by atoms with Crippen LogP contribution in [0.1, 0.15) is 78.5 Å². The molecule has 1 heteroatoms. The second kappa shape index (κ2) is 15.4. The van der Waals surface area contributed by atoms with Crippen molar-refractivity contribution in [2.75, 3.05) is 0 Å². The van der Waals surface area contributed by atoms with Gasteiger partial charge in [0.15, 0.2) is 0 Å². The van der Waals surface area contributed by atoms with E-state index in [0.717, 1.165) is 53.5 Å². The van der Waals surface area contributed by atoms with Crippen LogP contribution in [-0.4, -0.2) is 0 Å². The molecule has 0 unspecified atom stereocenters. The van der Waals surface area contributed by atoms with Crippen molar-refractivity contribution in [1.29, 1.82) is 0 Å². The van der Waals surface area contributed by atoms with Crippen LogP contribution >= 0.6 is 0 Å². The maximum atomic E-state index is 15.3. The van der Waals surface area contributed by atoms with Gasteiger partial charge in [0.2, 0.25) is 0 Å². The second-order valence-corrected chi connectivity index (χ2v) is 11.9. The summed E-state index contributed by atoms with van der Waals surface area (Å²) < 4.78 is 15.3. The van der Waals surface area contributed by atoms with Gasteiger partial charge in [-0.1, -0.05) is 130 Å². The Morgan fingerprint density at radius 2 is 1.00 bits per heavy atom. The average molecular weight is 579 g/mol. The van der Waals surface area contributed by atoms with Gasteiger partial charge in [0, 0.05) is 16.7 Å². The van der Waals surface area contributed by atoms with E-state index < -0.39 is 0 Å².